The molecule has 1 atom stereocenters. The number of thiazole rings is 1. The van der Waals surface area contributed by atoms with Gasteiger partial charge in [-0.05, 0) is 6.42 Å². The van der Waals surface area contributed by atoms with Gasteiger partial charge in [-0.25, -0.2) is 4.98 Å². The van der Waals surface area contributed by atoms with Crippen LogP contribution in [0.4, 0.5) is 5.13 Å². The molecule has 2 heterocycles. The summed E-state index contributed by atoms with van der Waals surface area (Å²) in [5, 5.41) is 3.11. The van der Waals surface area contributed by atoms with Crippen LogP contribution in [-0.4, -0.2) is 24.1 Å². The summed E-state index contributed by atoms with van der Waals surface area (Å²) in [6.07, 6.45) is 2.93. The molecule has 0 saturated carbocycles. The molecule has 1 saturated heterocycles. The van der Waals surface area contributed by atoms with Crippen molar-refractivity contribution in [1.29, 1.82) is 0 Å². The Hall–Kier alpha value is -0.610. The Labute approximate surface area is 69.8 Å². The standard InChI is InChI=1S/C7H11N3S/c8-6-1-3-10(5-6)7-9-2-4-11-7/h2,4,6H,1,3,5,8H2/t6-/m1/s1. The largest absolute Gasteiger partial charge is 0.346 e. The molecule has 1 aliphatic rings. The smallest absolute Gasteiger partial charge is 0.185 e. The molecule has 11 heavy (non-hydrogen) atoms. The first kappa shape index (κ1) is 7.06. The van der Waals surface area contributed by atoms with Crippen molar-refractivity contribution in [3.05, 3.63) is 11.6 Å². The normalized spacial score (nSPS) is 24.5. The summed E-state index contributed by atoms with van der Waals surface area (Å²) < 4.78 is 0. The first-order valence-corrected chi connectivity index (χ1v) is 4.64. The zero-order valence-corrected chi connectivity index (χ0v) is 7.05. The van der Waals surface area contributed by atoms with Crippen LogP contribution in [0, 0.1) is 0 Å². The number of anilines is 1. The molecule has 0 amide bonds. The molecule has 0 aliphatic carbocycles. The van der Waals surface area contributed by atoms with Gasteiger partial charge in [-0.15, -0.1) is 11.3 Å². The van der Waals surface area contributed by atoms with Crippen LogP contribution in [-0.2, 0) is 0 Å². The van der Waals surface area contributed by atoms with Crippen LogP contribution in [0.25, 0.3) is 0 Å². The van der Waals surface area contributed by atoms with Gasteiger partial charge in [0.2, 0.25) is 0 Å². The molecule has 0 spiro atoms. The summed E-state index contributed by atoms with van der Waals surface area (Å²) in [6, 6.07) is 0.346. The zero-order valence-electron chi connectivity index (χ0n) is 6.23. The Bertz CT molecular complexity index is 222. The second-order valence-corrected chi connectivity index (χ2v) is 3.68. The second-order valence-electron chi connectivity index (χ2n) is 2.81. The van der Waals surface area contributed by atoms with E-state index in [1.54, 1.807) is 11.3 Å². The SMILES string of the molecule is N[C@@H]1CCN(c2nccs2)C1. The van der Waals surface area contributed by atoms with Gasteiger partial charge >= 0.3 is 0 Å². The van der Waals surface area contributed by atoms with Crippen LogP contribution in [0.2, 0.25) is 0 Å². The van der Waals surface area contributed by atoms with Crippen LogP contribution in [0.5, 0.6) is 0 Å². The van der Waals surface area contributed by atoms with Gasteiger partial charge in [0.25, 0.3) is 0 Å². The Morgan fingerprint density at radius 3 is 3.18 bits per heavy atom. The minimum absolute atomic E-state index is 0.346. The molecule has 2 N–H and O–H groups in total. The molecular formula is C7H11N3S. The number of nitrogens with two attached hydrogens (primary N) is 1. The third-order valence-corrected chi connectivity index (χ3v) is 2.75. The summed E-state index contributed by atoms with van der Waals surface area (Å²) >= 11 is 1.68. The van der Waals surface area contributed by atoms with Crippen molar-refractivity contribution < 1.29 is 0 Å². The molecule has 4 heteroatoms. The van der Waals surface area contributed by atoms with Crippen molar-refractivity contribution in [3.63, 3.8) is 0 Å². The predicted molar refractivity (Wildman–Crippen MR) is 46.9 cm³/mol. The lowest BCUT2D eigenvalue weighted by Crippen LogP contribution is -2.26. The van der Waals surface area contributed by atoms with Gasteiger partial charge in [-0.2, -0.15) is 0 Å². The van der Waals surface area contributed by atoms with E-state index in [2.05, 4.69) is 9.88 Å². The topological polar surface area (TPSA) is 42.1 Å². The van der Waals surface area contributed by atoms with Crippen LogP contribution in [0.3, 0.4) is 0 Å². The average molecular weight is 169 g/mol. The minimum atomic E-state index is 0.346. The highest BCUT2D eigenvalue weighted by Crippen LogP contribution is 2.21. The third-order valence-electron chi connectivity index (χ3n) is 1.91. The first-order chi connectivity index (χ1) is 5.36. The Morgan fingerprint density at radius 2 is 2.64 bits per heavy atom. The van der Waals surface area contributed by atoms with E-state index < -0.39 is 0 Å². The van der Waals surface area contributed by atoms with Gasteiger partial charge in [-0.1, -0.05) is 0 Å². The summed E-state index contributed by atoms with van der Waals surface area (Å²) in [6.45, 7) is 2.03. The average Bonchev–Trinajstić information content (AvgIpc) is 2.55. The molecule has 1 aromatic heterocycles. The molecule has 1 aromatic rings. The van der Waals surface area contributed by atoms with E-state index in [1.165, 1.54) is 0 Å². The van der Waals surface area contributed by atoms with Gasteiger partial charge in [0.15, 0.2) is 5.13 Å². The first-order valence-electron chi connectivity index (χ1n) is 3.76. The van der Waals surface area contributed by atoms with E-state index in [0.29, 0.717) is 6.04 Å². The van der Waals surface area contributed by atoms with Gasteiger partial charge < -0.3 is 10.6 Å². The number of hydrogen-bond acceptors (Lipinski definition) is 4. The lowest BCUT2D eigenvalue weighted by Gasteiger charge is -2.12. The molecule has 3 nitrogen and oxygen atoms in total. The van der Waals surface area contributed by atoms with Crippen LogP contribution in [0.15, 0.2) is 11.6 Å². The van der Waals surface area contributed by atoms with Crippen molar-refractivity contribution in [1.82, 2.24) is 4.98 Å². The molecule has 0 unspecified atom stereocenters. The number of nitrogens with zero attached hydrogens (tertiary/aromatic N) is 2. The highest BCUT2D eigenvalue weighted by molar-refractivity contribution is 7.13. The van der Waals surface area contributed by atoms with Crippen molar-refractivity contribution >= 4 is 16.5 Å². The molecule has 1 fully saturated rings. The van der Waals surface area contributed by atoms with E-state index >= 15 is 0 Å². The van der Waals surface area contributed by atoms with Gasteiger partial charge in [0.05, 0.1) is 0 Å². The second kappa shape index (κ2) is 2.79. The maximum Gasteiger partial charge on any atom is 0.185 e. The molecule has 0 bridgehead atoms. The molecule has 2 rings (SSSR count). The van der Waals surface area contributed by atoms with Crippen molar-refractivity contribution in [2.45, 2.75) is 12.5 Å². The Kier molecular flexibility index (Phi) is 1.79. The highest BCUT2D eigenvalue weighted by atomic mass is 32.1. The van der Waals surface area contributed by atoms with E-state index in [9.17, 15) is 0 Å². The predicted octanol–water partition coefficient (Wildman–Crippen LogP) is 0.680. The summed E-state index contributed by atoms with van der Waals surface area (Å²) in [5.74, 6) is 0. The fourth-order valence-corrected chi connectivity index (χ4v) is 2.01. The number of rotatable bonds is 1. The summed E-state index contributed by atoms with van der Waals surface area (Å²) in [4.78, 5) is 6.47. The lowest BCUT2D eigenvalue weighted by molar-refractivity contribution is 0.752. The van der Waals surface area contributed by atoms with E-state index in [0.717, 1.165) is 24.6 Å². The monoisotopic (exact) mass is 169 g/mol. The zero-order chi connectivity index (χ0) is 7.68. The van der Waals surface area contributed by atoms with E-state index in [4.69, 9.17) is 5.73 Å². The molecule has 60 valence electrons. The van der Waals surface area contributed by atoms with Crippen molar-refractivity contribution in [2.75, 3.05) is 18.0 Å². The molecule has 0 radical (unpaired) electrons. The van der Waals surface area contributed by atoms with Gasteiger partial charge in [0, 0.05) is 30.7 Å². The fourth-order valence-electron chi connectivity index (χ4n) is 1.33. The quantitative estimate of drug-likeness (QED) is 0.672. The van der Waals surface area contributed by atoms with Crippen LogP contribution < -0.4 is 10.6 Å². The van der Waals surface area contributed by atoms with Crippen LogP contribution >= 0.6 is 11.3 Å². The lowest BCUT2D eigenvalue weighted by atomic mass is 10.3. The van der Waals surface area contributed by atoms with E-state index in [-0.39, 0.29) is 0 Å². The fraction of sp³-hybridized carbons (Fsp3) is 0.571. The van der Waals surface area contributed by atoms with Crippen LogP contribution in [0.1, 0.15) is 6.42 Å². The van der Waals surface area contributed by atoms with Gasteiger partial charge in [-0.3, -0.25) is 0 Å². The maximum absolute atomic E-state index is 5.77. The summed E-state index contributed by atoms with van der Waals surface area (Å²) in [7, 11) is 0. The van der Waals surface area contributed by atoms with Crippen molar-refractivity contribution in [3.8, 4) is 0 Å². The molecule has 0 aromatic carbocycles. The van der Waals surface area contributed by atoms with E-state index in [1.807, 2.05) is 11.6 Å². The Balaban J connectivity index is 2.08. The molecular weight excluding hydrogens is 158 g/mol. The number of aromatic nitrogens is 1. The number of hydrogen-bond donors (Lipinski definition) is 1. The third kappa shape index (κ3) is 1.36. The Morgan fingerprint density at radius 1 is 1.73 bits per heavy atom. The minimum Gasteiger partial charge on any atom is -0.346 e. The van der Waals surface area contributed by atoms with Crippen molar-refractivity contribution in [2.24, 2.45) is 5.73 Å². The molecule has 1 aliphatic heterocycles. The summed E-state index contributed by atoms with van der Waals surface area (Å²) in [5.41, 5.74) is 5.77. The maximum atomic E-state index is 5.77. The van der Waals surface area contributed by atoms with Gasteiger partial charge in [0.1, 0.15) is 0 Å². The highest BCUT2D eigenvalue weighted by Gasteiger charge is 2.20.